The van der Waals surface area contributed by atoms with Gasteiger partial charge in [-0.15, -0.1) is 0 Å². The molecule has 0 unspecified atom stereocenters. The first-order chi connectivity index (χ1) is 4.20. The van der Waals surface area contributed by atoms with Crippen molar-refractivity contribution in [2.45, 2.75) is 6.92 Å². The van der Waals surface area contributed by atoms with Crippen LogP contribution in [0.3, 0.4) is 0 Å². The molecule has 1 aromatic heterocycles. The molecule has 0 aliphatic rings. The highest BCUT2D eigenvalue weighted by molar-refractivity contribution is 7.12. The molecule has 0 atom stereocenters. The maximum Gasteiger partial charge on any atom is 0.423 e. The lowest BCUT2D eigenvalue weighted by Gasteiger charge is -1.80. The summed E-state index contributed by atoms with van der Waals surface area (Å²) in [6.45, 7) is 1.73. The predicted molar refractivity (Wildman–Crippen MR) is 33.5 cm³/mol. The van der Waals surface area contributed by atoms with Gasteiger partial charge in [0.15, 0.2) is 5.69 Å². The zero-order valence-electron chi connectivity index (χ0n) is 4.70. The van der Waals surface area contributed by atoms with Gasteiger partial charge >= 0.3 is 5.13 Å². The maximum atomic E-state index is 9.97. The van der Waals surface area contributed by atoms with Gasteiger partial charge in [0.2, 0.25) is 0 Å². The summed E-state index contributed by atoms with van der Waals surface area (Å²) in [5.41, 5.74) is 0.701. The summed E-state index contributed by atoms with van der Waals surface area (Å²) in [6.07, 6.45) is 0. The fourth-order valence-electron chi connectivity index (χ4n) is 0.425. The molecular weight excluding hydrogens is 140 g/mol. The van der Waals surface area contributed by atoms with Gasteiger partial charge < -0.3 is 10.1 Å². The summed E-state index contributed by atoms with van der Waals surface area (Å²) in [7, 11) is 0. The van der Waals surface area contributed by atoms with E-state index < -0.39 is 4.92 Å². The summed E-state index contributed by atoms with van der Waals surface area (Å²) in [5.74, 6) is 0. The van der Waals surface area contributed by atoms with Crippen LogP contribution in [0, 0.1) is 17.0 Å². The van der Waals surface area contributed by atoms with Gasteiger partial charge in [0.25, 0.3) is 0 Å². The van der Waals surface area contributed by atoms with E-state index in [0.29, 0.717) is 5.69 Å². The lowest BCUT2D eigenvalue weighted by molar-refractivity contribution is -0.384. The second-order valence-electron chi connectivity index (χ2n) is 1.53. The minimum absolute atomic E-state index is 0.0347. The van der Waals surface area contributed by atoms with Gasteiger partial charge in [0.05, 0.1) is 0 Å². The van der Waals surface area contributed by atoms with Crippen LogP contribution in [0.25, 0.3) is 0 Å². The molecule has 48 valence electrons. The Labute approximate surface area is 55.3 Å². The van der Waals surface area contributed by atoms with Crippen LogP contribution < -0.4 is 0 Å². The van der Waals surface area contributed by atoms with Crippen molar-refractivity contribution in [1.82, 2.24) is 4.98 Å². The molecule has 0 saturated heterocycles. The number of hydrogen-bond acceptors (Lipinski definition) is 4. The number of aromatic nitrogens is 1. The van der Waals surface area contributed by atoms with Crippen LogP contribution in [0.4, 0.5) is 5.13 Å². The number of thiazole rings is 1. The van der Waals surface area contributed by atoms with Crippen molar-refractivity contribution < 1.29 is 4.92 Å². The first-order valence-corrected chi connectivity index (χ1v) is 3.14. The van der Waals surface area contributed by atoms with Crippen LogP contribution in [0.15, 0.2) is 5.38 Å². The van der Waals surface area contributed by atoms with Crippen LogP contribution in [0.2, 0.25) is 0 Å². The lowest BCUT2D eigenvalue weighted by atomic mass is 10.6. The number of hydrogen-bond donors (Lipinski definition) is 0. The fourth-order valence-corrected chi connectivity index (χ4v) is 1.04. The Kier molecular flexibility index (Phi) is 1.44. The summed E-state index contributed by atoms with van der Waals surface area (Å²) < 4.78 is 0. The third-order valence-corrected chi connectivity index (χ3v) is 1.67. The average molecular weight is 144 g/mol. The van der Waals surface area contributed by atoms with Crippen molar-refractivity contribution >= 4 is 16.5 Å². The molecule has 0 spiro atoms. The van der Waals surface area contributed by atoms with Gasteiger partial charge in [0, 0.05) is 12.3 Å². The molecular formula is C4H4N2O2S. The van der Waals surface area contributed by atoms with E-state index in [1.54, 1.807) is 12.3 Å². The first-order valence-electron chi connectivity index (χ1n) is 2.26. The summed E-state index contributed by atoms with van der Waals surface area (Å²) in [5, 5.41) is 11.6. The molecule has 9 heavy (non-hydrogen) atoms. The Morgan fingerprint density at radius 2 is 2.56 bits per heavy atom. The van der Waals surface area contributed by atoms with Crippen molar-refractivity contribution in [1.29, 1.82) is 0 Å². The van der Waals surface area contributed by atoms with Crippen LogP contribution in [-0.2, 0) is 0 Å². The van der Waals surface area contributed by atoms with Crippen molar-refractivity contribution in [3.05, 3.63) is 21.2 Å². The zero-order chi connectivity index (χ0) is 6.85. The standard InChI is InChI=1S/C4H4N2O2S/c1-3-2-9-4(5-3)6(7)8/h2H,1H3. The van der Waals surface area contributed by atoms with E-state index in [-0.39, 0.29) is 5.13 Å². The SMILES string of the molecule is Cc1csc([N+](=O)[O-])n1. The largest absolute Gasteiger partial charge is 0.423 e. The van der Waals surface area contributed by atoms with Crippen molar-refractivity contribution in [3.8, 4) is 0 Å². The van der Waals surface area contributed by atoms with Crippen LogP contribution in [0.1, 0.15) is 5.69 Å². The monoisotopic (exact) mass is 144 g/mol. The Morgan fingerprint density at radius 1 is 1.89 bits per heavy atom. The molecule has 0 N–H and O–H groups in total. The predicted octanol–water partition coefficient (Wildman–Crippen LogP) is 1.36. The molecule has 0 amide bonds. The fraction of sp³-hybridized carbons (Fsp3) is 0.250. The van der Waals surface area contributed by atoms with E-state index in [1.165, 1.54) is 0 Å². The second kappa shape index (κ2) is 2.10. The summed E-state index contributed by atoms with van der Waals surface area (Å²) in [6, 6.07) is 0. The first kappa shape index (κ1) is 6.15. The molecule has 0 saturated carbocycles. The Balaban J connectivity index is 2.98. The smallest absolute Gasteiger partial charge is 0.357 e. The number of nitro groups is 1. The van der Waals surface area contributed by atoms with Gasteiger partial charge in [-0.1, -0.05) is 0 Å². The molecule has 1 aromatic rings. The molecule has 5 heteroatoms. The van der Waals surface area contributed by atoms with Crippen LogP contribution in [0.5, 0.6) is 0 Å². The highest BCUT2D eigenvalue weighted by atomic mass is 32.1. The molecule has 0 bridgehead atoms. The lowest BCUT2D eigenvalue weighted by Crippen LogP contribution is -1.85. The van der Waals surface area contributed by atoms with E-state index in [1.807, 2.05) is 0 Å². The van der Waals surface area contributed by atoms with E-state index in [2.05, 4.69) is 4.98 Å². The molecule has 0 aliphatic heterocycles. The van der Waals surface area contributed by atoms with Gasteiger partial charge in [-0.2, -0.15) is 0 Å². The quantitative estimate of drug-likeness (QED) is 0.441. The van der Waals surface area contributed by atoms with Gasteiger partial charge in [-0.3, -0.25) is 0 Å². The molecule has 0 radical (unpaired) electrons. The molecule has 0 fully saturated rings. The normalized spacial score (nSPS) is 9.44. The average Bonchev–Trinajstić information content (AvgIpc) is 2.14. The van der Waals surface area contributed by atoms with Crippen molar-refractivity contribution in [3.63, 3.8) is 0 Å². The highest BCUT2D eigenvalue weighted by Crippen LogP contribution is 2.15. The molecule has 1 rings (SSSR count). The Bertz CT molecular complexity index is 232. The summed E-state index contributed by atoms with van der Waals surface area (Å²) >= 11 is 1.05. The zero-order valence-corrected chi connectivity index (χ0v) is 5.51. The third-order valence-electron chi connectivity index (χ3n) is 0.763. The van der Waals surface area contributed by atoms with Crippen molar-refractivity contribution in [2.75, 3.05) is 0 Å². The second-order valence-corrected chi connectivity index (χ2v) is 2.37. The van der Waals surface area contributed by atoms with E-state index in [0.717, 1.165) is 11.3 Å². The van der Waals surface area contributed by atoms with Crippen LogP contribution in [-0.4, -0.2) is 9.91 Å². The van der Waals surface area contributed by atoms with Gasteiger partial charge in [-0.05, 0) is 21.2 Å². The number of nitrogens with zero attached hydrogens (tertiary/aromatic N) is 2. The molecule has 0 aromatic carbocycles. The topological polar surface area (TPSA) is 56.0 Å². The minimum Gasteiger partial charge on any atom is -0.357 e. The van der Waals surface area contributed by atoms with E-state index in [9.17, 15) is 10.1 Å². The summed E-state index contributed by atoms with van der Waals surface area (Å²) in [4.78, 5) is 13.1. The third kappa shape index (κ3) is 1.23. The van der Waals surface area contributed by atoms with Gasteiger partial charge in [0.1, 0.15) is 0 Å². The Hall–Kier alpha value is -0.970. The Morgan fingerprint density at radius 3 is 2.78 bits per heavy atom. The van der Waals surface area contributed by atoms with E-state index >= 15 is 0 Å². The van der Waals surface area contributed by atoms with Crippen LogP contribution >= 0.6 is 11.3 Å². The number of rotatable bonds is 1. The molecule has 1 heterocycles. The van der Waals surface area contributed by atoms with Gasteiger partial charge in [-0.25, -0.2) is 0 Å². The molecule has 4 nitrogen and oxygen atoms in total. The minimum atomic E-state index is -0.488. The highest BCUT2D eigenvalue weighted by Gasteiger charge is 2.08. The number of aryl methyl sites for hydroxylation is 1. The van der Waals surface area contributed by atoms with E-state index in [4.69, 9.17) is 0 Å². The molecule has 0 aliphatic carbocycles. The maximum absolute atomic E-state index is 9.97. The van der Waals surface area contributed by atoms with Crippen molar-refractivity contribution in [2.24, 2.45) is 0 Å².